The van der Waals surface area contributed by atoms with Gasteiger partial charge in [0.2, 0.25) is 10.0 Å². The van der Waals surface area contributed by atoms with Crippen molar-refractivity contribution >= 4 is 41.9 Å². The summed E-state index contributed by atoms with van der Waals surface area (Å²) in [7, 11) is -0.771. The van der Waals surface area contributed by atoms with E-state index < -0.39 is 15.6 Å². The van der Waals surface area contributed by atoms with Crippen molar-refractivity contribution in [2.24, 2.45) is 0 Å². The Labute approximate surface area is 164 Å². The Morgan fingerprint density at radius 3 is 2.08 bits per heavy atom. The first-order valence-corrected chi connectivity index (χ1v) is 10.6. The number of sulfonamides is 1. The molecular formula is C17H17Br2NO4S. The zero-order valence-corrected chi connectivity index (χ0v) is 17.7. The van der Waals surface area contributed by atoms with Gasteiger partial charge in [-0.1, -0.05) is 28.1 Å². The number of halogens is 2. The van der Waals surface area contributed by atoms with Gasteiger partial charge in [-0.25, -0.2) is 13.1 Å². The lowest BCUT2D eigenvalue weighted by atomic mass is 10.1. The third-order valence-corrected chi connectivity index (χ3v) is 7.23. The second-order valence-electron chi connectivity index (χ2n) is 5.83. The van der Waals surface area contributed by atoms with Crippen molar-refractivity contribution < 1.29 is 17.9 Å². The number of benzene rings is 2. The Morgan fingerprint density at radius 2 is 1.56 bits per heavy atom. The molecule has 0 amide bonds. The third-order valence-electron chi connectivity index (χ3n) is 4.20. The lowest BCUT2D eigenvalue weighted by molar-refractivity contribution is 0.353. The summed E-state index contributed by atoms with van der Waals surface area (Å²) >= 11 is 6.72. The number of hydrogen-bond donors (Lipinski definition) is 1. The van der Waals surface area contributed by atoms with Crippen LogP contribution in [0.3, 0.4) is 0 Å². The minimum Gasteiger partial charge on any atom is -0.493 e. The summed E-state index contributed by atoms with van der Waals surface area (Å²) in [6.07, 6.45) is 1.53. The maximum Gasteiger partial charge on any atom is 0.242 e. The number of rotatable bonds is 6. The van der Waals surface area contributed by atoms with E-state index in [0.717, 1.165) is 22.9 Å². The van der Waals surface area contributed by atoms with Crippen molar-refractivity contribution in [3.05, 3.63) is 50.9 Å². The molecule has 134 valence electrons. The molecule has 5 nitrogen and oxygen atoms in total. The fourth-order valence-electron chi connectivity index (χ4n) is 2.70. The minimum atomic E-state index is -3.75. The molecule has 0 atom stereocenters. The second-order valence-corrected chi connectivity index (χ2v) is 9.25. The van der Waals surface area contributed by atoms with E-state index in [-0.39, 0.29) is 4.90 Å². The fraction of sp³-hybridized carbons (Fsp3) is 0.294. The van der Waals surface area contributed by atoms with E-state index in [1.165, 1.54) is 20.3 Å². The molecule has 25 heavy (non-hydrogen) atoms. The van der Waals surface area contributed by atoms with E-state index in [4.69, 9.17) is 9.47 Å². The Morgan fingerprint density at radius 1 is 1.00 bits per heavy atom. The van der Waals surface area contributed by atoms with Crippen molar-refractivity contribution in [1.82, 2.24) is 4.72 Å². The van der Waals surface area contributed by atoms with Gasteiger partial charge >= 0.3 is 0 Å². The summed E-state index contributed by atoms with van der Waals surface area (Å²) in [6.45, 7) is 0. The van der Waals surface area contributed by atoms with Crippen molar-refractivity contribution in [3.8, 4) is 11.5 Å². The van der Waals surface area contributed by atoms with Gasteiger partial charge in [0.05, 0.1) is 19.8 Å². The summed E-state index contributed by atoms with van der Waals surface area (Å²) in [5, 5.41) is 0. The van der Waals surface area contributed by atoms with Crippen molar-refractivity contribution in [2.45, 2.75) is 23.3 Å². The lowest BCUT2D eigenvalue weighted by Gasteiger charge is -2.19. The predicted octanol–water partition coefficient (Wildman–Crippen LogP) is 4.20. The predicted molar refractivity (Wildman–Crippen MR) is 103 cm³/mol. The molecule has 0 bridgehead atoms. The molecule has 1 aliphatic carbocycles. The first kappa shape index (κ1) is 18.7. The van der Waals surface area contributed by atoms with Crippen LogP contribution in [0.2, 0.25) is 0 Å². The Bertz CT molecular complexity index is 894. The van der Waals surface area contributed by atoms with Crippen LogP contribution in [0.15, 0.2) is 50.2 Å². The van der Waals surface area contributed by atoms with Crippen LogP contribution in [0.1, 0.15) is 18.4 Å². The van der Waals surface area contributed by atoms with Gasteiger partial charge < -0.3 is 9.47 Å². The molecule has 0 radical (unpaired) electrons. The van der Waals surface area contributed by atoms with Crippen LogP contribution >= 0.6 is 31.9 Å². The first-order chi connectivity index (χ1) is 11.8. The van der Waals surface area contributed by atoms with Crippen LogP contribution < -0.4 is 14.2 Å². The highest BCUT2D eigenvalue weighted by molar-refractivity contribution is 9.10. The van der Waals surface area contributed by atoms with Gasteiger partial charge in [-0.15, -0.1) is 0 Å². The largest absolute Gasteiger partial charge is 0.493 e. The summed E-state index contributed by atoms with van der Waals surface area (Å²) in [5.41, 5.74) is 0.405. The number of hydrogen-bond acceptors (Lipinski definition) is 4. The van der Waals surface area contributed by atoms with Crippen molar-refractivity contribution in [3.63, 3.8) is 0 Å². The Kier molecular flexibility index (Phi) is 5.16. The van der Waals surface area contributed by atoms with Crippen LogP contribution in [-0.4, -0.2) is 22.6 Å². The van der Waals surface area contributed by atoms with Crippen LogP contribution in [0, 0.1) is 0 Å². The van der Waals surface area contributed by atoms with Crippen molar-refractivity contribution in [1.29, 1.82) is 0 Å². The van der Waals surface area contributed by atoms with E-state index in [0.29, 0.717) is 16.0 Å². The van der Waals surface area contributed by atoms with Crippen LogP contribution in [0.5, 0.6) is 11.5 Å². The highest BCUT2D eigenvalue weighted by atomic mass is 79.9. The topological polar surface area (TPSA) is 64.6 Å². The lowest BCUT2D eigenvalue weighted by Crippen LogP contribution is -2.35. The van der Waals surface area contributed by atoms with E-state index in [9.17, 15) is 8.42 Å². The molecule has 0 spiro atoms. The monoisotopic (exact) mass is 489 g/mol. The van der Waals surface area contributed by atoms with Gasteiger partial charge in [0, 0.05) is 15.0 Å². The molecule has 1 saturated carbocycles. The maximum atomic E-state index is 13.0. The average Bonchev–Trinajstić information content (AvgIpc) is 3.34. The molecule has 3 rings (SSSR count). The zero-order chi connectivity index (χ0) is 18.2. The first-order valence-electron chi connectivity index (χ1n) is 7.53. The standard InChI is InChI=1S/C17H17Br2NO4S/c1-23-14-9-13(19)16(10-15(14)24-2)25(21,22)20-17(7-8-17)11-3-5-12(18)6-4-11/h3-6,9-10,20H,7-8H2,1-2H3. The molecule has 0 heterocycles. The summed E-state index contributed by atoms with van der Waals surface area (Å²) in [6, 6.07) is 10.7. The van der Waals surface area contributed by atoms with Crippen LogP contribution in [0.25, 0.3) is 0 Å². The number of methoxy groups -OCH3 is 2. The van der Waals surface area contributed by atoms with Crippen LogP contribution in [0.4, 0.5) is 0 Å². The molecule has 8 heteroatoms. The molecule has 0 aromatic heterocycles. The van der Waals surface area contributed by atoms with Gasteiger partial charge in [-0.3, -0.25) is 0 Å². The van der Waals surface area contributed by atoms with Gasteiger partial charge in [-0.2, -0.15) is 0 Å². The molecule has 2 aromatic carbocycles. The summed E-state index contributed by atoms with van der Waals surface area (Å²) < 4.78 is 40.6. The van der Waals surface area contributed by atoms with E-state index in [2.05, 4.69) is 36.6 Å². The molecule has 0 unspecified atom stereocenters. The highest BCUT2D eigenvalue weighted by Crippen LogP contribution is 2.47. The average molecular weight is 491 g/mol. The number of ether oxygens (including phenoxy) is 2. The maximum absolute atomic E-state index is 13.0. The summed E-state index contributed by atoms with van der Waals surface area (Å²) in [4.78, 5) is 0.119. The third kappa shape index (κ3) is 3.72. The fourth-order valence-corrected chi connectivity index (χ4v) is 5.45. The Balaban J connectivity index is 1.96. The van der Waals surface area contributed by atoms with Gasteiger partial charge in [-0.05, 0) is 52.5 Å². The van der Waals surface area contributed by atoms with Gasteiger partial charge in [0.1, 0.15) is 4.90 Å². The second kappa shape index (κ2) is 6.90. The molecule has 1 aliphatic rings. The number of nitrogens with one attached hydrogen (secondary N) is 1. The van der Waals surface area contributed by atoms with Crippen molar-refractivity contribution in [2.75, 3.05) is 14.2 Å². The quantitative estimate of drug-likeness (QED) is 0.659. The van der Waals surface area contributed by atoms with Crippen LogP contribution in [-0.2, 0) is 15.6 Å². The molecule has 1 fully saturated rings. The van der Waals surface area contributed by atoms with E-state index >= 15 is 0 Å². The molecule has 2 aromatic rings. The zero-order valence-electron chi connectivity index (χ0n) is 13.7. The van der Waals surface area contributed by atoms with Gasteiger partial charge in [0.15, 0.2) is 11.5 Å². The molecule has 0 aliphatic heterocycles. The highest BCUT2D eigenvalue weighted by Gasteiger charge is 2.47. The van der Waals surface area contributed by atoms with Gasteiger partial charge in [0.25, 0.3) is 0 Å². The smallest absolute Gasteiger partial charge is 0.242 e. The Hall–Kier alpha value is -1.09. The van der Waals surface area contributed by atoms with E-state index in [1.807, 2.05) is 24.3 Å². The van der Waals surface area contributed by atoms with E-state index in [1.54, 1.807) is 6.07 Å². The molecule has 1 N–H and O–H groups in total. The molecule has 0 saturated heterocycles. The molecular weight excluding hydrogens is 474 g/mol. The summed E-state index contributed by atoms with van der Waals surface area (Å²) in [5.74, 6) is 0.821. The SMILES string of the molecule is COc1cc(Br)c(S(=O)(=O)NC2(c3ccc(Br)cc3)CC2)cc1OC. The normalized spacial score (nSPS) is 15.7. The minimum absolute atomic E-state index is 0.119.